The van der Waals surface area contributed by atoms with Gasteiger partial charge in [-0.3, -0.25) is 0 Å². The third kappa shape index (κ3) is 4.90. The molecule has 0 saturated carbocycles. The molecule has 0 saturated heterocycles. The topological polar surface area (TPSA) is 0 Å². The molecule has 0 amide bonds. The van der Waals surface area contributed by atoms with Crippen LogP contribution >= 0.6 is 0 Å². The van der Waals surface area contributed by atoms with Crippen LogP contribution < -0.4 is 0 Å². The van der Waals surface area contributed by atoms with Crippen molar-refractivity contribution in [1.82, 2.24) is 0 Å². The van der Waals surface area contributed by atoms with Crippen molar-refractivity contribution in [2.45, 2.75) is 19.3 Å². The van der Waals surface area contributed by atoms with Crippen LogP contribution in [-0.2, 0) is 0 Å². The summed E-state index contributed by atoms with van der Waals surface area (Å²) in [6.07, 6.45) is 19.0. The summed E-state index contributed by atoms with van der Waals surface area (Å²) in [4.78, 5) is 0. The molecule has 0 nitrogen and oxygen atoms in total. The van der Waals surface area contributed by atoms with E-state index >= 15 is 0 Å². The SMILES string of the molecule is C#CCC=C(CC#C)CC#C. The minimum atomic E-state index is 0.603. The summed E-state index contributed by atoms with van der Waals surface area (Å²) in [6, 6.07) is 0. The van der Waals surface area contributed by atoms with E-state index in [0.29, 0.717) is 19.3 Å². The fourth-order valence-corrected chi connectivity index (χ4v) is 0.672. The molecule has 0 bridgehead atoms. The minimum absolute atomic E-state index is 0.603. The largest absolute Gasteiger partial charge is 0.120 e. The van der Waals surface area contributed by atoms with E-state index in [9.17, 15) is 0 Å². The van der Waals surface area contributed by atoms with Crippen molar-refractivity contribution in [3.8, 4) is 37.0 Å². The Balaban J connectivity index is 4.03. The lowest BCUT2D eigenvalue weighted by Crippen LogP contribution is -1.79. The average molecular weight is 142 g/mol. The van der Waals surface area contributed by atoms with Crippen LogP contribution in [0.4, 0.5) is 0 Å². The molecule has 0 aromatic heterocycles. The predicted molar refractivity (Wildman–Crippen MR) is 48.4 cm³/mol. The number of terminal acetylenes is 3. The molecule has 0 unspecified atom stereocenters. The predicted octanol–water partition coefficient (Wildman–Crippen LogP) is 1.98. The molecule has 0 atom stereocenters. The highest BCUT2D eigenvalue weighted by Gasteiger charge is 1.90. The highest BCUT2D eigenvalue weighted by atomic mass is 13.9. The van der Waals surface area contributed by atoms with Crippen molar-refractivity contribution in [2.24, 2.45) is 0 Å². The summed E-state index contributed by atoms with van der Waals surface area (Å²) < 4.78 is 0. The van der Waals surface area contributed by atoms with Crippen LogP contribution in [0.5, 0.6) is 0 Å². The molecule has 0 heteroatoms. The van der Waals surface area contributed by atoms with Crippen LogP contribution in [0.15, 0.2) is 11.6 Å². The summed E-state index contributed by atoms with van der Waals surface area (Å²) in [5, 5.41) is 0. The van der Waals surface area contributed by atoms with Gasteiger partial charge in [-0.2, -0.15) is 0 Å². The molecule has 0 N–H and O–H groups in total. The summed E-state index contributed by atoms with van der Waals surface area (Å²) in [5.74, 6) is 7.56. The van der Waals surface area contributed by atoms with Crippen LogP contribution in [0, 0.1) is 37.0 Å². The van der Waals surface area contributed by atoms with E-state index in [1.54, 1.807) is 0 Å². The first-order valence-corrected chi connectivity index (χ1v) is 3.33. The molecule has 0 radical (unpaired) electrons. The van der Waals surface area contributed by atoms with Gasteiger partial charge in [0.1, 0.15) is 0 Å². The molecule has 0 aliphatic carbocycles. The molecule has 11 heavy (non-hydrogen) atoms. The smallest absolute Gasteiger partial charge is 0.0306 e. The van der Waals surface area contributed by atoms with Crippen molar-refractivity contribution in [2.75, 3.05) is 0 Å². The molecule has 0 aromatic rings. The van der Waals surface area contributed by atoms with Gasteiger partial charge in [0.25, 0.3) is 0 Å². The second-order valence-corrected chi connectivity index (χ2v) is 2.03. The lowest BCUT2D eigenvalue weighted by Gasteiger charge is -1.94. The molecule has 0 heterocycles. The molecule has 0 rings (SSSR count). The van der Waals surface area contributed by atoms with Gasteiger partial charge in [0.15, 0.2) is 0 Å². The second-order valence-electron chi connectivity index (χ2n) is 2.03. The Morgan fingerprint density at radius 2 is 1.55 bits per heavy atom. The maximum atomic E-state index is 5.12. The summed E-state index contributed by atoms with van der Waals surface area (Å²) >= 11 is 0. The Labute approximate surface area is 68.7 Å². The van der Waals surface area contributed by atoms with E-state index in [0.717, 1.165) is 5.57 Å². The lowest BCUT2D eigenvalue weighted by molar-refractivity contribution is 1.13. The molecule has 54 valence electrons. The minimum Gasteiger partial charge on any atom is -0.120 e. The van der Waals surface area contributed by atoms with E-state index in [1.807, 2.05) is 6.08 Å². The van der Waals surface area contributed by atoms with Gasteiger partial charge in [-0.15, -0.1) is 37.0 Å². The van der Waals surface area contributed by atoms with Gasteiger partial charge in [-0.25, -0.2) is 0 Å². The highest BCUT2D eigenvalue weighted by Crippen LogP contribution is 2.05. The number of hydrogen-bond donors (Lipinski definition) is 0. The molecular weight excluding hydrogens is 132 g/mol. The van der Waals surface area contributed by atoms with E-state index in [1.165, 1.54) is 0 Å². The first-order chi connectivity index (χ1) is 5.35. The van der Waals surface area contributed by atoms with Crippen LogP contribution in [0.1, 0.15) is 19.3 Å². The van der Waals surface area contributed by atoms with Gasteiger partial charge >= 0.3 is 0 Å². The van der Waals surface area contributed by atoms with Crippen molar-refractivity contribution in [1.29, 1.82) is 0 Å². The van der Waals surface area contributed by atoms with Crippen molar-refractivity contribution >= 4 is 0 Å². The van der Waals surface area contributed by atoms with Crippen LogP contribution in [0.25, 0.3) is 0 Å². The van der Waals surface area contributed by atoms with Gasteiger partial charge in [0, 0.05) is 19.3 Å². The van der Waals surface area contributed by atoms with Crippen LogP contribution in [0.2, 0.25) is 0 Å². The quantitative estimate of drug-likeness (QED) is 0.417. The standard InChI is InChI=1S/C11H10/c1-4-7-10-11(8-5-2)9-6-3/h1-3,10H,7-9H2. The van der Waals surface area contributed by atoms with Gasteiger partial charge in [0.2, 0.25) is 0 Å². The van der Waals surface area contributed by atoms with E-state index in [2.05, 4.69) is 17.8 Å². The van der Waals surface area contributed by atoms with Crippen molar-refractivity contribution in [3.05, 3.63) is 11.6 Å². The van der Waals surface area contributed by atoms with Gasteiger partial charge in [0.05, 0.1) is 0 Å². The first kappa shape index (κ1) is 9.42. The zero-order valence-corrected chi connectivity index (χ0v) is 6.43. The Morgan fingerprint density at radius 3 is 1.91 bits per heavy atom. The summed E-state index contributed by atoms with van der Waals surface area (Å²) in [6.45, 7) is 0. The normalized spacial score (nSPS) is 7.00. The zero-order valence-electron chi connectivity index (χ0n) is 6.43. The zero-order chi connectivity index (χ0) is 8.53. The maximum absolute atomic E-state index is 5.12. The van der Waals surface area contributed by atoms with E-state index in [-0.39, 0.29) is 0 Å². The Bertz CT molecular complexity index is 229. The Morgan fingerprint density at radius 1 is 1.00 bits per heavy atom. The second kappa shape index (κ2) is 6.54. The lowest BCUT2D eigenvalue weighted by atomic mass is 10.1. The number of allylic oxidation sites excluding steroid dienone is 2. The van der Waals surface area contributed by atoms with Gasteiger partial charge in [-0.05, 0) is 5.57 Å². The molecular formula is C11H10. The number of rotatable bonds is 3. The average Bonchev–Trinajstić information content (AvgIpc) is 2.01. The monoisotopic (exact) mass is 142 g/mol. The Kier molecular flexibility index (Phi) is 5.60. The third-order valence-corrected chi connectivity index (χ3v) is 1.17. The van der Waals surface area contributed by atoms with Crippen molar-refractivity contribution < 1.29 is 0 Å². The maximum Gasteiger partial charge on any atom is 0.0306 e. The first-order valence-electron chi connectivity index (χ1n) is 3.33. The third-order valence-electron chi connectivity index (χ3n) is 1.17. The Hall–Kier alpha value is -1.58. The highest BCUT2D eigenvalue weighted by molar-refractivity contribution is 5.18. The van der Waals surface area contributed by atoms with Gasteiger partial charge < -0.3 is 0 Å². The molecule has 0 spiro atoms. The van der Waals surface area contributed by atoms with E-state index < -0.39 is 0 Å². The number of hydrogen-bond acceptors (Lipinski definition) is 0. The van der Waals surface area contributed by atoms with Crippen LogP contribution in [0.3, 0.4) is 0 Å². The van der Waals surface area contributed by atoms with Gasteiger partial charge in [-0.1, -0.05) is 6.08 Å². The molecule has 0 aliphatic rings. The van der Waals surface area contributed by atoms with E-state index in [4.69, 9.17) is 19.3 Å². The molecule has 0 fully saturated rings. The summed E-state index contributed by atoms with van der Waals surface area (Å²) in [7, 11) is 0. The molecule has 0 aliphatic heterocycles. The fourth-order valence-electron chi connectivity index (χ4n) is 0.672. The molecule has 0 aromatic carbocycles. The van der Waals surface area contributed by atoms with Crippen LogP contribution in [-0.4, -0.2) is 0 Å². The fraction of sp³-hybridized carbons (Fsp3) is 0.273. The van der Waals surface area contributed by atoms with Crippen molar-refractivity contribution in [3.63, 3.8) is 0 Å². The summed E-state index contributed by atoms with van der Waals surface area (Å²) in [5.41, 5.74) is 1.06.